The van der Waals surface area contributed by atoms with Crippen LogP contribution >= 0.6 is 15.9 Å². The van der Waals surface area contributed by atoms with Crippen LogP contribution in [-0.2, 0) is 24.5 Å². The van der Waals surface area contributed by atoms with Gasteiger partial charge in [-0.15, -0.1) is 0 Å². The van der Waals surface area contributed by atoms with Gasteiger partial charge in [-0.1, -0.05) is 15.5 Å². The Morgan fingerprint density at radius 2 is 2.05 bits per heavy atom. The molecule has 0 bridgehead atoms. The molecule has 2 atom stereocenters. The Bertz CT molecular complexity index is 1580. The van der Waals surface area contributed by atoms with E-state index >= 15 is 0 Å². The summed E-state index contributed by atoms with van der Waals surface area (Å²) in [5.41, 5.74) is 1.38. The van der Waals surface area contributed by atoms with Crippen LogP contribution in [-0.4, -0.2) is 70.4 Å². The van der Waals surface area contributed by atoms with Gasteiger partial charge in [0, 0.05) is 60.4 Å². The maximum Gasteiger partial charge on any atom is 0.225 e. The predicted molar refractivity (Wildman–Crippen MR) is 146 cm³/mol. The second-order valence-electron chi connectivity index (χ2n) is 9.23. The molecule has 3 aromatic heterocycles. The number of hydrogen-bond donors (Lipinski definition) is 1. The summed E-state index contributed by atoms with van der Waals surface area (Å²) in [4.78, 5) is 28.2. The number of amides is 1. The third kappa shape index (κ3) is 4.79. The first-order chi connectivity index (χ1) is 18.0. The molecule has 1 aliphatic heterocycles. The van der Waals surface area contributed by atoms with Crippen LogP contribution in [0.15, 0.2) is 41.3 Å². The highest BCUT2D eigenvalue weighted by Gasteiger charge is 2.34. The highest BCUT2D eigenvalue weighted by Crippen LogP contribution is 2.31. The van der Waals surface area contributed by atoms with Crippen molar-refractivity contribution >= 4 is 69.4 Å². The van der Waals surface area contributed by atoms with Crippen LogP contribution < -0.4 is 5.32 Å². The first-order valence-corrected chi connectivity index (χ1v) is 15.6. The van der Waals surface area contributed by atoms with Crippen molar-refractivity contribution in [3.05, 3.63) is 47.1 Å². The number of pyridine rings is 1. The van der Waals surface area contributed by atoms with E-state index in [0.29, 0.717) is 67.9 Å². The molecule has 13 heteroatoms. The predicted octanol–water partition coefficient (Wildman–Crippen LogP) is 3.43. The molecule has 1 saturated carbocycles. The third-order valence-corrected chi connectivity index (χ3v) is 10.6. The molecule has 0 unspecified atom stereocenters. The van der Waals surface area contributed by atoms with Gasteiger partial charge in [0.15, 0.2) is 11.5 Å². The molecule has 0 radical (unpaired) electrons. The quantitative estimate of drug-likeness (QED) is 0.381. The van der Waals surface area contributed by atoms with E-state index in [9.17, 15) is 13.4 Å². The SMILES string of the molecule is O=S=S1CCN(C(=O)[C@@H]2CC[C@@H](Nc3ncc4c(Br)nn(-c5cc(F)c6ncccc6c5)c4n3)C2)CC1. The topological polar surface area (TPSA) is 106 Å². The number of benzene rings is 1. The number of halogens is 2. The van der Waals surface area contributed by atoms with Crippen molar-refractivity contribution in [3.63, 3.8) is 0 Å². The molecule has 1 amide bonds. The summed E-state index contributed by atoms with van der Waals surface area (Å²) in [6.07, 6.45) is 5.62. The number of aromatic nitrogens is 5. The smallest absolute Gasteiger partial charge is 0.225 e. The van der Waals surface area contributed by atoms with E-state index in [-0.39, 0.29) is 27.3 Å². The van der Waals surface area contributed by atoms with Crippen LogP contribution in [0.1, 0.15) is 19.3 Å². The monoisotopic (exact) mass is 603 g/mol. The summed E-state index contributed by atoms with van der Waals surface area (Å²) in [5, 5.41) is 9.29. The van der Waals surface area contributed by atoms with E-state index in [4.69, 9.17) is 4.98 Å². The van der Waals surface area contributed by atoms with Crippen LogP contribution in [0.5, 0.6) is 0 Å². The van der Waals surface area contributed by atoms with Crippen LogP contribution in [0.25, 0.3) is 27.6 Å². The lowest BCUT2D eigenvalue weighted by Gasteiger charge is -2.29. The zero-order valence-electron chi connectivity index (χ0n) is 19.6. The van der Waals surface area contributed by atoms with Crippen LogP contribution in [0.3, 0.4) is 0 Å². The summed E-state index contributed by atoms with van der Waals surface area (Å²) in [6, 6.07) is 6.87. The second kappa shape index (κ2) is 10.2. The molecule has 2 aliphatic rings. The van der Waals surface area contributed by atoms with Gasteiger partial charge in [0.1, 0.15) is 20.3 Å². The molecule has 1 N–H and O–H groups in total. The average Bonchev–Trinajstić information content (AvgIpc) is 3.52. The lowest BCUT2D eigenvalue weighted by atomic mass is 10.1. The first-order valence-electron chi connectivity index (χ1n) is 12.0. The number of hydrogen-bond acceptors (Lipinski definition) is 7. The van der Waals surface area contributed by atoms with Gasteiger partial charge in [-0.3, -0.25) is 9.78 Å². The Morgan fingerprint density at radius 3 is 2.86 bits per heavy atom. The second-order valence-corrected chi connectivity index (χ2v) is 13.6. The van der Waals surface area contributed by atoms with Gasteiger partial charge in [-0.25, -0.2) is 18.3 Å². The summed E-state index contributed by atoms with van der Waals surface area (Å²) in [5.74, 6) is 1.76. The van der Waals surface area contributed by atoms with Crippen molar-refractivity contribution in [1.29, 1.82) is 0 Å². The van der Waals surface area contributed by atoms with Crippen molar-refractivity contribution in [2.24, 2.45) is 5.92 Å². The highest BCUT2D eigenvalue weighted by molar-refractivity contribution is 9.10. The number of anilines is 1. The number of fused-ring (bicyclic) bond motifs is 2. The van der Waals surface area contributed by atoms with Crippen molar-refractivity contribution in [2.45, 2.75) is 25.3 Å². The fraction of sp³-hybridized carbons (Fsp3) is 0.375. The number of nitrogens with one attached hydrogen (secondary N) is 1. The standard InChI is InChI=1S/C24H23BrFN7O2S2/c25-21-18-13-28-24(29-16-4-3-15(10-16)23(34)32-6-8-37(36-35)9-7-32)30-22(18)33(31-21)17-11-14-2-1-5-27-20(14)19(26)12-17/h1-2,5,11-13,15-16H,3-4,6-10H2,(H,28,29,30)/t15-,16-/m1/s1. The van der Waals surface area contributed by atoms with E-state index in [1.165, 1.54) is 6.07 Å². The lowest BCUT2D eigenvalue weighted by molar-refractivity contribution is -0.134. The van der Waals surface area contributed by atoms with Crippen LogP contribution in [0.2, 0.25) is 0 Å². The number of nitrogens with zero attached hydrogens (tertiary/aromatic N) is 6. The minimum atomic E-state index is -0.432. The maximum absolute atomic E-state index is 14.8. The maximum atomic E-state index is 14.8. The summed E-state index contributed by atoms with van der Waals surface area (Å²) >= 11 is 3.47. The van der Waals surface area contributed by atoms with Gasteiger partial charge in [0.05, 0.1) is 11.1 Å². The molecule has 192 valence electrons. The lowest BCUT2D eigenvalue weighted by Crippen LogP contribution is -2.44. The van der Waals surface area contributed by atoms with Crippen molar-refractivity contribution in [1.82, 2.24) is 29.6 Å². The Balaban J connectivity index is 1.21. The summed E-state index contributed by atoms with van der Waals surface area (Å²) < 4.78 is 28.0. The molecule has 6 rings (SSSR count). The minimum Gasteiger partial charge on any atom is -0.351 e. The molecule has 4 heterocycles. The van der Waals surface area contributed by atoms with Gasteiger partial charge >= 0.3 is 0 Å². The molecule has 37 heavy (non-hydrogen) atoms. The first kappa shape index (κ1) is 24.6. The molecule has 1 saturated heterocycles. The van der Waals surface area contributed by atoms with E-state index in [2.05, 4.69) is 36.3 Å². The fourth-order valence-electron chi connectivity index (χ4n) is 5.08. The van der Waals surface area contributed by atoms with E-state index < -0.39 is 5.82 Å². The molecule has 1 aromatic carbocycles. The Labute approximate surface area is 225 Å². The van der Waals surface area contributed by atoms with Crippen molar-refractivity contribution in [2.75, 3.05) is 29.9 Å². The summed E-state index contributed by atoms with van der Waals surface area (Å²) in [6.45, 7) is 1.35. The van der Waals surface area contributed by atoms with Gasteiger partial charge in [-0.05, 0) is 47.3 Å². The highest BCUT2D eigenvalue weighted by atomic mass is 79.9. The van der Waals surface area contributed by atoms with E-state index in [1.54, 1.807) is 29.2 Å². The number of carbonyl (C=O) groups excluding carboxylic acids is 1. The largest absolute Gasteiger partial charge is 0.351 e. The Morgan fingerprint density at radius 1 is 1.22 bits per heavy atom. The Hall–Kier alpha value is -2.77. The fourth-order valence-corrected chi connectivity index (χ4v) is 7.56. The summed E-state index contributed by atoms with van der Waals surface area (Å²) in [7, 11) is 0.527. The van der Waals surface area contributed by atoms with Crippen LogP contribution in [0, 0.1) is 11.7 Å². The molecule has 4 aromatic rings. The zero-order valence-corrected chi connectivity index (χ0v) is 22.9. The van der Waals surface area contributed by atoms with Gasteiger partial charge in [0.2, 0.25) is 11.9 Å². The van der Waals surface area contributed by atoms with E-state index in [0.717, 1.165) is 24.3 Å². The van der Waals surface area contributed by atoms with Gasteiger partial charge in [0.25, 0.3) is 0 Å². The van der Waals surface area contributed by atoms with Gasteiger partial charge in [-0.2, -0.15) is 10.1 Å². The molecule has 1 aliphatic carbocycles. The third-order valence-electron chi connectivity index (χ3n) is 6.97. The minimum absolute atomic E-state index is 0.0325. The zero-order chi connectivity index (χ0) is 25.5. The molecular formula is C24H23BrFN7O2S2. The molecule has 2 fully saturated rings. The van der Waals surface area contributed by atoms with Crippen LogP contribution in [0.4, 0.5) is 10.3 Å². The molecular weight excluding hydrogens is 581 g/mol. The van der Waals surface area contributed by atoms with Crippen molar-refractivity contribution in [3.8, 4) is 5.69 Å². The number of rotatable bonds is 4. The van der Waals surface area contributed by atoms with Crippen molar-refractivity contribution < 1.29 is 13.4 Å². The van der Waals surface area contributed by atoms with E-state index in [1.807, 2.05) is 11.0 Å². The Kier molecular flexibility index (Phi) is 6.76. The molecule has 0 spiro atoms. The normalized spacial score (nSPS) is 20.5. The molecule has 9 nitrogen and oxygen atoms in total. The average molecular weight is 605 g/mol. The number of carbonyl (C=O) groups is 1. The van der Waals surface area contributed by atoms with Gasteiger partial charge < -0.3 is 10.2 Å².